The maximum absolute atomic E-state index is 10.4. The van der Waals surface area contributed by atoms with Crippen molar-refractivity contribution in [2.24, 2.45) is 0 Å². The molecule has 0 heterocycles. The molecule has 0 aliphatic heterocycles. The molecule has 0 bridgehead atoms. The second-order valence-corrected chi connectivity index (χ2v) is 4.71. The number of hydrogen-bond donors (Lipinski definition) is 0. The zero-order valence-electron chi connectivity index (χ0n) is 10.9. The van der Waals surface area contributed by atoms with E-state index in [0.717, 1.165) is 12.8 Å². The van der Waals surface area contributed by atoms with Gasteiger partial charge in [-0.05, 0) is 6.42 Å². The van der Waals surface area contributed by atoms with Crippen LogP contribution in [-0.4, -0.2) is 5.91 Å². The fourth-order valence-corrected chi connectivity index (χ4v) is 1.95. The Kier molecular flexibility index (Phi) is 12.1. The molecule has 0 aromatic carbocycles. The Morgan fingerprint density at radius 1 is 0.750 bits per heavy atom. The van der Waals surface area contributed by atoms with E-state index in [9.17, 15) is 4.79 Å². The molecule has 0 aliphatic rings. The van der Waals surface area contributed by atoms with Gasteiger partial charge in [-0.15, -0.1) is 0 Å². The number of amides is 1. The summed E-state index contributed by atoms with van der Waals surface area (Å²) in [4.78, 5) is 10.4. The van der Waals surface area contributed by atoms with Crippen LogP contribution in [0.25, 0.3) is 0 Å². The molecule has 0 rings (SSSR count). The van der Waals surface area contributed by atoms with E-state index in [4.69, 9.17) is 5.73 Å². The molecule has 0 saturated carbocycles. The van der Waals surface area contributed by atoms with E-state index in [0.29, 0.717) is 6.42 Å². The molecule has 0 aliphatic carbocycles. The Labute approximate surface area is 101 Å². The average Bonchev–Trinajstić information content (AvgIpc) is 2.25. The third kappa shape index (κ3) is 13.5. The number of unbranched alkanes of at least 4 members (excludes halogenated alkanes) is 10. The minimum absolute atomic E-state index is 0.407. The molecule has 2 heteroatoms. The van der Waals surface area contributed by atoms with Crippen LogP contribution in [0.5, 0.6) is 0 Å². The molecule has 0 saturated heterocycles. The Morgan fingerprint density at radius 2 is 1.12 bits per heavy atom. The summed E-state index contributed by atoms with van der Waals surface area (Å²) < 4.78 is 0. The van der Waals surface area contributed by atoms with Crippen molar-refractivity contribution in [3.05, 3.63) is 0 Å². The molecule has 0 atom stereocenters. The quantitative estimate of drug-likeness (QED) is 0.452. The lowest BCUT2D eigenvalue weighted by Gasteiger charge is -2.01. The van der Waals surface area contributed by atoms with Crippen LogP contribution < -0.4 is 5.73 Å². The summed E-state index contributed by atoms with van der Waals surface area (Å²) in [5.74, 6) is -0.407. The van der Waals surface area contributed by atoms with E-state index < -0.39 is 5.91 Å². The van der Waals surface area contributed by atoms with Crippen LogP contribution in [0.4, 0.5) is 0 Å². The largest absolute Gasteiger partial charge is 0.273 e. The van der Waals surface area contributed by atoms with Gasteiger partial charge in [0.25, 0.3) is 0 Å². The van der Waals surface area contributed by atoms with Gasteiger partial charge in [0.15, 0.2) is 0 Å². The normalized spacial score (nSPS) is 10.6. The standard InChI is InChI=1S/C14H28NO/c1-2-3-4-5-6-7-8-9-10-11-12-13-14(15)16/h15H,2-13H2,1H3. The Hall–Kier alpha value is -0.530. The van der Waals surface area contributed by atoms with Crippen LogP contribution in [0.1, 0.15) is 84.0 Å². The molecular weight excluding hydrogens is 198 g/mol. The van der Waals surface area contributed by atoms with Crippen molar-refractivity contribution in [2.75, 3.05) is 0 Å². The van der Waals surface area contributed by atoms with Crippen molar-refractivity contribution in [3.63, 3.8) is 0 Å². The van der Waals surface area contributed by atoms with E-state index in [1.165, 1.54) is 57.8 Å². The average molecular weight is 226 g/mol. The van der Waals surface area contributed by atoms with Gasteiger partial charge in [0.2, 0.25) is 5.91 Å². The summed E-state index contributed by atoms with van der Waals surface area (Å²) >= 11 is 0. The Bertz CT molecular complexity index is 157. The van der Waals surface area contributed by atoms with Crippen molar-refractivity contribution < 1.29 is 4.79 Å². The summed E-state index contributed by atoms with van der Waals surface area (Å²) in [6, 6.07) is 0. The number of rotatable bonds is 12. The lowest BCUT2D eigenvalue weighted by Crippen LogP contribution is -1.96. The lowest BCUT2D eigenvalue weighted by molar-refractivity contribution is -0.118. The molecule has 0 spiro atoms. The molecule has 0 fully saturated rings. The molecule has 1 N–H and O–H groups in total. The Balaban J connectivity index is 2.90. The lowest BCUT2D eigenvalue weighted by atomic mass is 10.1. The highest BCUT2D eigenvalue weighted by Crippen LogP contribution is 2.11. The molecule has 1 amide bonds. The summed E-state index contributed by atoms with van der Waals surface area (Å²) in [5, 5.41) is 0. The number of hydrogen-bond acceptors (Lipinski definition) is 1. The van der Waals surface area contributed by atoms with Crippen LogP contribution in [0.15, 0.2) is 0 Å². The topological polar surface area (TPSA) is 40.9 Å². The monoisotopic (exact) mass is 226 g/mol. The molecule has 2 nitrogen and oxygen atoms in total. The predicted octanol–water partition coefficient (Wildman–Crippen LogP) is 4.50. The fourth-order valence-electron chi connectivity index (χ4n) is 1.95. The minimum Gasteiger partial charge on any atom is -0.273 e. The van der Waals surface area contributed by atoms with E-state index >= 15 is 0 Å². The van der Waals surface area contributed by atoms with Gasteiger partial charge in [-0.25, -0.2) is 0 Å². The van der Waals surface area contributed by atoms with Crippen LogP contribution in [-0.2, 0) is 4.79 Å². The van der Waals surface area contributed by atoms with E-state index in [-0.39, 0.29) is 0 Å². The Morgan fingerprint density at radius 3 is 1.50 bits per heavy atom. The van der Waals surface area contributed by atoms with E-state index in [1.54, 1.807) is 0 Å². The van der Waals surface area contributed by atoms with Crippen molar-refractivity contribution in [3.8, 4) is 0 Å². The van der Waals surface area contributed by atoms with Gasteiger partial charge in [0.1, 0.15) is 0 Å². The van der Waals surface area contributed by atoms with Crippen molar-refractivity contribution in [1.29, 1.82) is 0 Å². The number of carbonyl (C=O) groups is 1. The number of carbonyl (C=O) groups excluding carboxylic acids is 1. The van der Waals surface area contributed by atoms with Gasteiger partial charge in [-0.2, -0.15) is 0 Å². The first kappa shape index (κ1) is 15.5. The van der Waals surface area contributed by atoms with Gasteiger partial charge in [-0.1, -0.05) is 71.1 Å². The molecule has 0 unspecified atom stereocenters. The maximum Gasteiger partial charge on any atom is 0.238 e. The van der Waals surface area contributed by atoms with Gasteiger partial charge in [0, 0.05) is 6.42 Å². The highest BCUT2D eigenvalue weighted by molar-refractivity contribution is 5.72. The summed E-state index contributed by atoms with van der Waals surface area (Å²) in [6.45, 7) is 2.25. The van der Waals surface area contributed by atoms with Crippen molar-refractivity contribution in [1.82, 2.24) is 5.73 Å². The second kappa shape index (κ2) is 12.5. The van der Waals surface area contributed by atoms with E-state index in [2.05, 4.69) is 6.92 Å². The summed E-state index contributed by atoms with van der Waals surface area (Å²) in [7, 11) is 0. The molecular formula is C14H28NO. The van der Waals surface area contributed by atoms with Gasteiger partial charge in [0.05, 0.1) is 0 Å². The zero-order valence-corrected chi connectivity index (χ0v) is 10.9. The molecule has 0 aromatic heterocycles. The second-order valence-electron chi connectivity index (χ2n) is 4.71. The summed E-state index contributed by atoms with van der Waals surface area (Å²) in [6.07, 6.45) is 14.7. The van der Waals surface area contributed by atoms with Crippen LogP contribution in [0.3, 0.4) is 0 Å². The molecule has 1 radical (unpaired) electrons. The maximum atomic E-state index is 10.4. The third-order valence-corrected chi connectivity index (χ3v) is 3.01. The molecule has 16 heavy (non-hydrogen) atoms. The van der Waals surface area contributed by atoms with Gasteiger partial charge in [-0.3, -0.25) is 10.5 Å². The zero-order chi connectivity index (χ0) is 12.1. The molecule has 0 aromatic rings. The highest BCUT2D eigenvalue weighted by atomic mass is 16.1. The van der Waals surface area contributed by atoms with Gasteiger partial charge >= 0.3 is 0 Å². The minimum atomic E-state index is -0.407. The van der Waals surface area contributed by atoms with Gasteiger partial charge < -0.3 is 0 Å². The van der Waals surface area contributed by atoms with Crippen molar-refractivity contribution in [2.45, 2.75) is 84.0 Å². The van der Waals surface area contributed by atoms with Crippen LogP contribution >= 0.6 is 0 Å². The third-order valence-electron chi connectivity index (χ3n) is 3.01. The first-order valence-corrected chi connectivity index (χ1v) is 7.01. The SMILES string of the molecule is CCCCCCCCCCCCCC([NH])=O. The summed E-state index contributed by atoms with van der Waals surface area (Å²) in [5.41, 5.74) is 6.77. The van der Waals surface area contributed by atoms with E-state index in [1.807, 2.05) is 0 Å². The van der Waals surface area contributed by atoms with Crippen LogP contribution in [0, 0.1) is 0 Å². The fraction of sp³-hybridized carbons (Fsp3) is 0.929. The smallest absolute Gasteiger partial charge is 0.238 e. The van der Waals surface area contributed by atoms with Crippen molar-refractivity contribution >= 4 is 5.91 Å². The highest BCUT2D eigenvalue weighted by Gasteiger charge is 1.95. The van der Waals surface area contributed by atoms with Crippen LogP contribution in [0.2, 0.25) is 0 Å². The first-order valence-electron chi connectivity index (χ1n) is 7.01. The number of nitrogens with one attached hydrogen (secondary N) is 1. The first-order chi connectivity index (χ1) is 7.77. The predicted molar refractivity (Wildman–Crippen MR) is 69.2 cm³/mol. The molecule has 95 valence electrons.